The van der Waals surface area contributed by atoms with Crippen LogP contribution in [0.15, 0.2) is 15.3 Å². The molecule has 0 amide bonds. The maximum absolute atomic E-state index is 11.2. The molecule has 0 aliphatic rings. The lowest BCUT2D eigenvalue weighted by molar-refractivity contribution is 0.366. The van der Waals surface area contributed by atoms with Crippen LogP contribution in [0.1, 0.15) is 13.8 Å². The normalized spacial score (nSPS) is 13.5. The molecule has 1 aromatic heterocycles. The molecular weight excluding hydrogens is 168 g/mol. The van der Waals surface area contributed by atoms with E-state index < -0.39 is 5.63 Å². The summed E-state index contributed by atoms with van der Waals surface area (Å²) in [7, 11) is 1.45. The minimum atomic E-state index is -0.443. The van der Waals surface area contributed by atoms with Gasteiger partial charge in [-0.05, 0) is 26.0 Å². The Bertz CT molecular complexity index is 454. The summed E-state index contributed by atoms with van der Waals surface area (Å²) in [5.74, 6) is 0.235. The highest BCUT2D eigenvalue weighted by atomic mass is 16.5. The molecule has 0 aromatic carbocycles. The van der Waals surface area contributed by atoms with Crippen LogP contribution in [0.2, 0.25) is 0 Å². The Morgan fingerprint density at radius 3 is 2.54 bits per heavy atom. The zero-order valence-electron chi connectivity index (χ0n) is 7.96. The quantitative estimate of drug-likeness (QED) is 0.622. The molecule has 0 radical (unpaired) electrons. The highest BCUT2D eigenvalue weighted by molar-refractivity contribution is 5.28. The van der Waals surface area contributed by atoms with Crippen LogP contribution in [0.4, 0.5) is 0 Å². The van der Waals surface area contributed by atoms with Gasteiger partial charge in [-0.3, -0.25) is 0 Å². The lowest BCUT2D eigenvalue weighted by Gasteiger charge is -1.96. The molecular formula is C10H12O3. The molecule has 3 nitrogen and oxygen atoms in total. The van der Waals surface area contributed by atoms with Crippen molar-refractivity contribution in [2.75, 3.05) is 7.11 Å². The van der Waals surface area contributed by atoms with Gasteiger partial charge < -0.3 is 9.15 Å². The number of methoxy groups -OCH3 is 1. The van der Waals surface area contributed by atoms with Crippen molar-refractivity contribution >= 4 is 12.2 Å². The van der Waals surface area contributed by atoms with Crippen LogP contribution in [-0.2, 0) is 0 Å². The molecule has 0 bridgehead atoms. The molecule has 3 heteroatoms. The second-order valence-electron chi connectivity index (χ2n) is 2.50. The summed E-state index contributed by atoms with van der Waals surface area (Å²) in [6, 6.07) is 1.67. The number of rotatable bonds is 1. The van der Waals surface area contributed by atoms with Gasteiger partial charge in [0.25, 0.3) is 0 Å². The minimum Gasteiger partial charge on any atom is -0.490 e. The van der Waals surface area contributed by atoms with Crippen molar-refractivity contribution in [2.24, 2.45) is 0 Å². The SMILES string of the molecule is C/C=c1/cc(OC)c(=O)o/c1=C/C. The van der Waals surface area contributed by atoms with Gasteiger partial charge in [0.15, 0.2) is 0 Å². The topological polar surface area (TPSA) is 39.4 Å². The number of ether oxygens (including phenoxy) is 1. The lowest BCUT2D eigenvalue weighted by atomic mass is 10.3. The van der Waals surface area contributed by atoms with Gasteiger partial charge in [-0.2, -0.15) is 0 Å². The van der Waals surface area contributed by atoms with E-state index in [0.29, 0.717) is 5.42 Å². The van der Waals surface area contributed by atoms with Gasteiger partial charge in [-0.1, -0.05) is 6.08 Å². The Balaban J connectivity index is 3.66. The standard InChI is InChI=1S/C10H12O3/c1-4-7-6-9(12-3)10(11)13-8(7)5-2/h4-6H,1-3H3/b7-4-,8-5+. The predicted molar refractivity (Wildman–Crippen MR) is 51.1 cm³/mol. The Morgan fingerprint density at radius 2 is 2.08 bits per heavy atom. The van der Waals surface area contributed by atoms with Crippen molar-refractivity contribution in [2.45, 2.75) is 13.8 Å². The second-order valence-corrected chi connectivity index (χ2v) is 2.50. The third-order valence-electron chi connectivity index (χ3n) is 1.77. The summed E-state index contributed by atoms with van der Waals surface area (Å²) < 4.78 is 9.85. The molecule has 0 saturated carbocycles. The zero-order valence-corrected chi connectivity index (χ0v) is 7.96. The number of hydrogen-bond donors (Lipinski definition) is 0. The molecule has 0 N–H and O–H groups in total. The zero-order chi connectivity index (χ0) is 9.84. The van der Waals surface area contributed by atoms with Crippen LogP contribution in [0.25, 0.3) is 12.2 Å². The largest absolute Gasteiger partial charge is 0.490 e. The van der Waals surface area contributed by atoms with E-state index in [9.17, 15) is 4.79 Å². The summed E-state index contributed by atoms with van der Waals surface area (Å²) in [4.78, 5) is 11.2. The van der Waals surface area contributed by atoms with Crippen LogP contribution >= 0.6 is 0 Å². The predicted octanol–water partition coefficient (Wildman–Crippen LogP) is 0.249. The molecule has 0 aliphatic carbocycles. The third kappa shape index (κ3) is 1.80. The van der Waals surface area contributed by atoms with Crippen molar-refractivity contribution in [1.82, 2.24) is 0 Å². The van der Waals surface area contributed by atoms with E-state index in [1.807, 2.05) is 19.9 Å². The maximum atomic E-state index is 11.2. The van der Waals surface area contributed by atoms with Crippen LogP contribution in [0.3, 0.4) is 0 Å². The van der Waals surface area contributed by atoms with Crippen LogP contribution in [-0.4, -0.2) is 7.11 Å². The smallest absolute Gasteiger partial charge is 0.379 e. The van der Waals surface area contributed by atoms with E-state index in [4.69, 9.17) is 9.15 Å². The van der Waals surface area contributed by atoms with E-state index in [1.165, 1.54) is 7.11 Å². The summed E-state index contributed by atoms with van der Waals surface area (Å²) in [5.41, 5.74) is 0.134. The fraction of sp³-hybridized carbons (Fsp3) is 0.300. The van der Waals surface area contributed by atoms with E-state index in [2.05, 4.69) is 0 Å². The van der Waals surface area contributed by atoms with Crippen molar-refractivity contribution in [3.63, 3.8) is 0 Å². The lowest BCUT2D eigenvalue weighted by Crippen LogP contribution is -2.28. The highest BCUT2D eigenvalue weighted by Gasteiger charge is 1.99. The first-order valence-electron chi connectivity index (χ1n) is 4.03. The highest BCUT2D eigenvalue weighted by Crippen LogP contribution is 1.92. The van der Waals surface area contributed by atoms with Crippen molar-refractivity contribution in [3.05, 3.63) is 27.1 Å². The summed E-state index contributed by atoms with van der Waals surface area (Å²) in [5, 5.41) is 0.860. The van der Waals surface area contributed by atoms with E-state index >= 15 is 0 Å². The van der Waals surface area contributed by atoms with Crippen LogP contribution < -0.4 is 21.0 Å². The summed E-state index contributed by atoms with van der Waals surface area (Å²) in [6.07, 6.45) is 3.61. The molecule has 1 heterocycles. The van der Waals surface area contributed by atoms with Crippen LogP contribution in [0, 0.1) is 0 Å². The van der Waals surface area contributed by atoms with E-state index in [-0.39, 0.29) is 5.75 Å². The monoisotopic (exact) mass is 180 g/mol. The molecule has 1 rings (SSSR count). The molecule has 0 fully saturated rings. The molecule has 0 aliphatic heterocycles. The van der Waals surface area contributed by atoms with Gasteiger partial charge in [0.1, 0.15) is 5.42 Å². The summed E-state index contributed by atoms with van der Waals surface area (Å²) in [6.45, 7) is 3.69. The Hall–Kier alpha value is -1.51. The van der Waals surface area contributed by atoms with Gasteiger partial charge in [-0.15, -0.1) is 0 Å². The van der Waals surface area contributed by atoms with Gasteiger partial charge in [0.05, 0.1) is 7.11 Å². The fourth-order valence-corrected chi connectivity index (χ4v) is 1.07. The van der Waals surface area contributed by atoms with E-state index in [0.717, 1.165) is 5.22 Å². The van der Waals surface area contributed by atoms with Gasteiger partial charge in [0.2, 0.25) is 5.75 Å². The van der Waals surface area contributed by atoms with Crippen molar-refractivity contribution in [3.8, 4) is 5.75 Å². The van der Waals surface area contributed by atoms with Crippen LogP contribution in [0.5, 0.6) is 5.75 Å². The Labute approximate surface area is 76.0 Å². The van der Waals surface area contributed by atoms with Gasteiger partial charge in [-0.25, -0.2) is 4.79 Å². The fourth-order valence-electron chi connectivity index (χ4n) is 1.07. The maximum Gasteiger partial charge on any atom is 0.379 e. The molecule has 1 aromatic rings. The van der Waals surface area contributed by atoms with Gasteiger partial charge in [0, 0.05) is 5.22 Å². The van der Waals surface area contributed by atoms with Crippen molar-refractivity contribution in [1.29, 1.82) is 0 Å². The molecule has 0 spiro atoms. The van der Waals surface area contributed by atoms with Gasteiger partial charge >= 0.3 is 5.63 Å². The first kappa shape index (κ1) is 9.58. The third-order valence-corrected chi connectivity index (χ3v) is 1.77. The molecule has 13 heavy (non-hydrogen) atoms. The second kappa shape index (κ2) is 3.94. The molecule has 70 valence electrons. The van der Waals surface area contributed by atoms with E-state index in [1.54, 1.807) is 12.1 Å². The number of hydrogen-bond acceptors (Lipinski definition) is 3. The molecule has 0 unspecified atom stereocenters. The van der Waals surface area contributed by atoms with Crippen molar-refractivity contribution < 1.29 is 9.15 Å². The molecule has 0 saturated heterocycles. The summed E-state index contributed by atoms with van der Waals surface area (Å²) >= 11 is 0. The Morgan fingerprint density at radius 1 is 1.38 bits per heavy atom. The Kier molecular flexibility index (Phi) is 2.90. The first-order valence-corrected chi connectivity index (χ1v) is 4.03. The average Bonchev–Trinajstić information content (AvgIpc) is 2.17. The average molecular weight is 180 g/mol. The minimum absolute atomic E-state index is 0.235. The molecule has 0 atom stereocenters. The first-order chi connectivity index (χ1) is 6.22.